The maximum absolute atomic E-state index is 16.2. The summed E-state index contributed by atoms with van der Waals surface area (Å²) in [7, 11) is 3.01. The third-order valence-corrected chi connectivity index (χ3v) is 16.6. The lowest BCUT2D eigenvalue weighted by Crippen LogP contribution is -2.47. The van der Waals surface area contributed by atoms with Gasteiger partial charge in [-0.1, -0.05) is 133 Å². The summed E-state index contributed by atoms with van der Waals surface area (Å²) < 4.78 is 51.1. The van der Waals surface area contributed by atoms with Crippen LogP contribution in [0.15, 0.2) is 255 Å². The van der Waals surface area contributed by atoms with Gasteiger partial charge in [0.15, 0.2) is 12.1 Å². The summed E-state index contributed by atoms with van der Waals surface area (Å²) in [6.45, 7) is 0. The van der Waals surface area contributed by atoms with E-state index in [1.165, 1.54) is 38.5 Å². The first-order valence-electron chi connectivity index (χ1n) is 29.9. The fourth-order valence-corrected chi connectivity index (χ4v) is 12.5. The number of hydrogen-bond donors (Lipinski definition) is 0. The molecule has 2 aliphatic heterocycles. The van der Waals surface area contributed by atoms with Crippen molar-refractivity contribution in [2.75, 3.05) is 14.2 Å². The molecular formula is C78H50N2O14. The first kappa shape index (κ1) is 57.6. The monoisotopic (exact) mass is 1240 g/mol. The van der Waals surface area contributed by atoms with E-state index in [-0.39, 0.29) is 111 Å². The molecule has 0 aromatic heterocycles. The Morgan fingerprint density at radius 2 is 0.511 bits per heavy atom. The van der Waals surface area contributed by atoms with Crippen molar-refractivity contribution in [3.8, 4) is 69.0 Å². The van der Waals surface area contributed by atoms with Gasteiger partial charge in [-0.25, -0.2) is 9.59 Å². The Morgan fingerprint density at radius 3 is 0.755 bits per heavy atom. The van der Waals surface area contributed by atoms with E-state index >= 15 is 28.8 Å². The molecule has 2 aliphatic rings. The van der Waals surface area contributed by atoms with E-state index in [0.717, 1.165) is 9.80 Å². The molecule has 0 aliphatic carbocycles. The van der Waals surface area contributed by atoms with Crippen molar-refractivity contribution in [3.63, 3.8) is 0 Å². The number of methoxy groups -OCH3 is 2. The maximum atomic E-state index is 16.2. The van der Waals surface area contributed by atoms with Gasteiger partial charge in [-0.15, -0.1) is 0 Å². The quantitative estimate of drug-likeness (QED) is 0.0260. The van der Waals surface area contributed by atoms with Crippen LogP contribution < -0.4 is 37.9 Å². The molecule has 0 saturated heterocycles. The molecule has 16 nitrogen and oxygen atoms in total. The van der Waals surface area contributed by atoms with Gasteiger partial charge in [0.25, 0.3) is 23.6 Å². The lowest BCUT2D eigenvalue weighted by atomic mass is 9.80. The summed E-state index contributed by atoms with van der Waals surface area (Å²) in [6.07, 6.45) is 0. The molecule has 456 valence electrons. The second kappa shape index (κ2) is 23.8. The molecule has 0 N–H and O–H groups in total. The number of carbonyl (C=O) groups excluding carboxylic acids is 6. The molecule has 0 radical (unpaired) electrons. The number of amides is 4. The molecule has 2 unspecified atom stereocenters. The lowest BCUT2D eigenvalue weighted by molar-refractivity contribution is -0.139. The largest absolute Gasteiger partial charge is 0.497 e. The highest BCUT2D eigenvalue weighted by Crippen LogP contribution is 2.58. The number of carbonyl (C=O) groups is 6. The molecule has 13 aromatic rings. The summed E-state index contributed by atoms with van der Waals surface area (Å²) in [4.78, 5) is 96.8. The van der Waals surface area contributed by atoms with Crippen molar-refractivity contribution in [2.24, 2.45) is 0 Å². The number of benzene rings is 13. The fraction of sp³-hybridized carbons (Fsp3) is 0.0513. The minimum absolute atomic E-state index is 0.0489. The average Bonchev–Trinajstić information content (AvgIpc) is 0.672. The number of rotatable bonds is 18. The third kappa shape index (κ3) is 10.1. The number of esters is 2. The SMILES string of the molecule is COc1ccc(OC(=O)C(c2ccccc2)N2C(=O)c3cc(Oc4ccccc4)c4c5c(Oc6ccccc6)cc6c7c(cc(Oc8ccccc8)c(c8c(Oc9ccccc9)cc(c3c48)C2=O)c75)C(=O)N(C(C(=O)Oc2ccc(OC)cc2)c2ccccc2)C6=O)cc1. The molecule has 0 bridgehead atoms. The van der Waals surface area contributed by atoms with Crippen LogP contribution in [0.2, 0.25) is 0 Å². The van der Waals surface area contributed by atoms with Gasteiger partial charge in [0.05, 0.1) is 36.5 Å². The minimum atomic E-state index is -1.66. The predicted molar refractivity (Wildman–Crippen MR) is 350 cm³/mol. The van der Waals surface area contributed by atoms with Crippen LogP contribution >= 0.6 is 0 Å². The van der Waals surface area contributed by atoms with Gasteiger partial charge < -0.3 is 37.9 Å². The first-order valence-corrected chi connectivity index (χ1v) is 29.9. The lowest BCUT2D eigenvalue weighted by Gasteiger charge is -2.35. The van der Waals surface area contributed by atoms with Crippen molar-refractivity contribution in [1.82, 2.24) is 9.80 Å². The Balaban J connectivity index is 1.06. The summed E-state index contributed by atoms with van der Waals surface area (Å²) in [5.74, 6) is -2.64. The van der Waals surface area contributed by atoms with Gasteiger partial charge in [0.2, 0.25) is 0 Å². The Kier molecular flexibility index (Phi) is 14.6. The van der Waals surface area contributed by atoms with Crippen molar-refractivity contribution in [2.45, 2.75) is 12.1 Å². The zero-order valence-electron chi connectivity index (χ0n) is 50.0. The molecule has 0 spiro atoms. The first-order chi connectivity index (χ1) is 46.0. The Bertz CT molecular complexity index is 4620. The van der Waals surface area contributed by atoms with Gasteiger partial charge in [0, 0.05) is 43.1 Å². The molecule has 94 heavy (non-hydrogen) atoms. The normalized spacial score (nSPS) is 13.3. The van der Waals surface area contributed by atoms with Crippen LogP contribution in [-0.4, -0.2) is 59.6 Å². The van der Waals surface area contributed by atoms with Gasteiger partial charge >= 0.3 is 11.9 Å². The summed E-state index contributed by atoms with van der Waals surface area (Å²) in [6, 6.07) is 67.5. The minimum Gasteiger partial charge on any atom is -0.497 e. The average molecular weight is 1240 g/mol. The molecular weight excluding hydrogens is 1190 g/mol. The highest BCUT2D eigenvalue weighted by Gasteiger charge is 2.48. The number of para-hydroxylation sites is 4. The van der Waals surface area contributed by atoms with E-state index in [2.05, 4.69) is 0 Å². The van der Waals surface area contributed by atoms with Crippen molar-refractivity contribution >= 4 is 78.7 Å². The van der Waals surface area contributed by atoms with E-state index in [1.54, 1.807) is 206 Å². The van der Waals surface area contributed by atoms with Crippen molar-refractivity contribution in [3.05, 3.63) is 288 Å². The molecule has 2 atom stereocenters. The molecule has 4 amide bonds. The number of ether oxygens (including phenoxy) is 8. The number of hydrogen-bond acceptors (Lipinski definition) is 14. The number of imide groups is 2. The second-order valence-corrected chi connectivity index (χ2v) is 22.1. The van der Waals surface area contributed by atoms with Crippen LogP contribution in [0.5, 0.6) is 69.0 Å². The zero-order valence-corrected chi connectivity index (χ0v) is 50.0. The van der Waals surface area contributed by atoms with E-state index in [1.807, 2.05) is 24.3 Å². The van der Waals surface area contributed by atoms with E-state index < -0.39 is 47.7 Å². The van der Waals surface area contributed by atoms with Crippen LogP contribution in [0, 0.1) is 0 Å². The Hall–Kier alpha value is -12.8. The summed E-state index contributed by atoms with van der Waals surface area (Å²) in [5.41, 5.74) is 0.330. The van der Waals surface area contributed by atoms with Crippen LogP contribution in [0.1, 0.15) is 64.6 Å². The number of nitrogens with zero attached hydrogens (tertiary/aromatic N) is 2. The molecule has 15 rings (SSSR count). The number of fused-ring (bicyclic) bond motifs is 2. The topological polar surface area (TPSA) is 183 Å². The van der Waals surface area contributed by atoms with Crippen LogP contribution in [-0.2, 0) is 9.59 Å². The Labute approximate surface area is 536 Å². The third-order valence-electron chi connectivity index (χ3n) is 16.6. The smallest absolute Gasteiger partial charge is 0.339 e. The Morgan fingerprint density at radius 1 is 0.277 bits per heavy atom. The van der Waals surface area contributed by atoms with Gasteiger partial charge in [-0.3, -0.25) is 29.0 Å². The van der Waals surface area contributed by atoms with Gasteiger partial charge in [0.1, 0.15) is 69.0 Å². The zero-order chi connectivity index (χ0) is 64.1. The van der Waals surface area contributed by atoms with E-state index in [4.69, 9.17) is 37.9 Å². The van der Waals surface area contributed by atoms with Crippen LogP contribution in [0.3, 0.4) is 0 Å². The highest BCUT2D eigenvalue weighted by atomic mass is 16.5. The predicted octanol–water partition coefficient (Wildman–Crippen LogP) is 16.8. The standard InChI is InChI=1S/C78H50N2O14/c1-87-47-33-37-53(38-34-47)93-77(85)71(45-21-9-3-10-22-45)79-73(81)55-41-59(89-49-25-13-5-14-26-49)65-67-61(91-51-29-17-7-18-30-51)43-57-64-58(76(84)80(75(57)83)72(46-23-11-4-12-24-46)78(86)94-54-39-35-48(88-2)36-40-54)44-62(92-52-31-19-8-20-32-52)68(70(64)67)66-60(90-50-27-15-6-16-28-50)42-56(74(79)82)63(55)69(65)66/h3-44,71-72H,1-2H3. The molecule has 0 fully saturated rings. The van der Waals surface area contributed by atoms with Crippen LogP contribution in [0.25, 0.3) is 43.1 Å². The van der Waals surface area contributed by atoms with Gasteiger partial charge in [-0.2, -0.15) is 0 Å². The molecule has 16 heteroatoms. The van der Waals surface area contributed by atoms with Crippen LogP contribution in [0.4, 0.5) is 0 Å². The maximum Gasteiger partial charge on any atom is 0.339 e. The molecule has 2 heterocycles. The molecule has 0 saturated carbocycles. The van der Waals surface area contributed by atoms with E-state index in [9.17, 15) is 0 Å². The summed E-state index contributed by atoms with van der Waals surface area (Å²) >= 11 is 0. The van der Waals surface area contributed by atoms with Gasteiger partial charge in [-0.05, 0) is 132 Å². The second-order valence-electron chi connectivity index (χ2n) is 22.1. The molecule has 13 aromatic carbocycles. The fourth-order valence-electron chi connectivity index (χ4n) is 12.5. The highest BCUT2D eigenvalue weighted by molar-refractivity contribution is 6.45. The summed E-state index contributed by atoms with van der Waals surface area (Å²) in [5, 5.41) is 1.80. The van der Waals surface area contributed by atoms with Crippen molar-refractivity contribution < 1.29 is 66.7 Å². The van der Waals surface area contributed by atoms with E-state index in [0.29, 0.717) is 34.5 Å². The van der Waals surface area contributed by atoms with Crippen molar-refractivity contribution in [1.29, 1.82) is 0 Å².